The number of allylic oxidation sites excluding steroid dienone is 1. The average Bonchev–Trinajstić information content (AvgIpc) is 3.43. The molecule has 174 valence electrons. The highest BCUT2D eigenvalue weighted by molar-refractivity contribution is 6.29. The Morgan fingerprint density at radius 3 is 2.49 bits per heavy atom. The van der Waals surface area contributed by atoms with Gasteiger partial charge in [0.05, 0.1) is 12.0 Å². The molecule has 0 atom stereocenters. The highest BCUT2D eigenvalue weighted by atomic mass is 35.5. The maximum absolute atomic E-state index is 12.9. The van der Waals surface area contributed by atoms with Crippen molar-refractivity contribution in [2.24, 2.45) is 0 Å². The fraction of sp³-hybridized carbons (Fsp3) is 0.107. The monoisotopic (exact) mass is 485 g/mol. The number of hydrogen-bond acceptors (Lipinski definition) is 6. The molecule has 1 aliphatic heterocycles. The normalized spacial score (nSPS) is 13.5. The second kappa shape index (κ2) is 9.60. The van der Waals surface area contributed by atoms with E-state index in [1.807, 2.05) is 54.6 Å². The van der Waals surface area contributed by atoms with Gasteiger partial charge in [-0.3, -0.25) is 9.59 Å². The minimum atomic E-state index is -0.445. The molecule has 0 radical (unpaired) electrons. The molecule has 0 bridgehead atoms. The maximum Gasteiger partial charge on any atom is 0.311 e. The second-order valence-electron chi connectivity index (χ2n) is 8.08. The van der Waals surface area contributed by atoms with Gasteiger partial charge < -0.3 is 14.0 Å². The van der Waals surface area contributed by atoms with E-state index in [0.29, 0.717) is 34.8 Å². The lowest BCUT2D eigenvalue weighted by Crippen LogP contribution is -2.10. The van der Waals surface area contributed by atoms with E-state index in [-0.39, 0.29) is 23.1 Å². The first-order chi connectivity index (χ1) is 17.0. The van der Waals surface area contributed by atoms with E-state index in [0.717, 1.165) is 16.7 Å². The van der Waals surface area contributed by atoms with Gasteiger partial charge in [-0.25, -0.2) is 0 Å². The van der Waals surface area contributed by atoms with Gasteiger partial charge in [-0.1, -0.05) is 71.4 Å². The van der Waals surface area contributed by atoms with E-state index >= 15 is 0 Å². The van der Waals surface area contributed by atoms with Gasteiger partial charge in [0.2, 0.25) is 5.78 Å². The SMILES string of the molecule is Cc1c(OC(=O)CCc2cc(Cl)no2)ccc2c1O/C(=C\c1ccc(-c3ccccc3)cc1)C2=O. The van der Waals surface area contributed by atoms with Gasteiger partial charge >= 0.3 is 5.97 Å². The van der Waals surface area contributed by atoms with E-state index in [9.17, 15) is 9.59 Å². The smallest absolute Gasteiger partial charge is 0.311 e. The number of rotatable bonds is 6. The number of aryl methyl sites for hydroxylation is 1. The van der Waals surface area contributed by atoms with Crippen molar-refractivity contribution in [3.8, 4) is 22.6 Å². The number of esters is 1. The Labute approximate surface area is 206 Å². The zero-order valence-corrected chi connectivity index (χ0v) is 19.5. The molecule has 6 nitrogen and oxygen atoms in total. The average molecular weight is 486 g/mol. The quantitative estimate of drug-likeness (QED) is 0.177. The summed E-state index contributed by atoms with van der Waals surface area (Å²) in [5.41, 5.74) is 4.07. The van der Waals surface area contributed by atoms with Crippen LogP contribution in [0.15, 0.2) is 83.1 Å². The molecule has 1 aliphatic rings. The van der Waals surface area contributed by atoms with Gasteiger partial charge in [0.25, 0.3) is 0 Å². The summed E-state index contributed by atoms with van der Waals surface area (Å²) in [6, 6.07) is 22.7. The fourth-order valence-corrected chi connectivity index (χ4v) is 3.99. The summed E-state index contributed by atoms with van der Waals surface area (Å²) >= 11 is 5.72. The predicted molar refractivity (Wildman–Crippen MR) is 131 cm³/mol. The Morgan fingerprint density at radius 1 is 1.03 bits per heavy atom. The minimum absolute atomic E-state index is 0.0893. The summed E-state index contributed by atoms with van der Waals surface area (Å²) in [6.45, 7) is 1.75. The lowest BCUT2D eigenvalue weighted by molar-refractivity contribution is -0.134. The Morgan fingerprint density at radius 2 is 1.77 bits per heavy atom. The number of carbonyl (C=O) groups is 2. The van der Waals surface area contributed by atoms with Crippen LogP contribution in [0.3, 0.4) is 0 Å². The summed E-state index contributed by atoms with van der Waals surface area (Å²) in [6.07, 6.45) is 2.12. The summed E-state index contributed by atoms with van der Waals surface area (Å²) in [5.74, 6) is 0.800. The zero-order chi connectivity index (χ0) is 24.4. The molecular formula is C28H20ClNO5. The molecular weight excluding hydrogens is 466 g/mol. The number of nitrogens with zero attached hydrogens (tertiary/aromatic N) is 1. The molecule has 0 amide bonds. The van der Waals surface area contributed by atoms with Crippen LogP contribution in [0.2, 0.25) is 5.15 Å². The fourth-order valence-electron chi connectivity index (χ4n) is 3.84. The number of aromatic nitrogens is 1. The Hall–Kier alpha value is -4.16. The van der Waals surface area contributed by atoms with Gasteiger partial charge in [-0.05, 0) is 41.8 Å². The summed E-state index contributed by atoms with van der Waals surface area (Å²) in [7, 11) is 0. The van der Waals surface area contributed by atoms with Crippen molar-refractivity contribution in [3.05, 3.63) is 106 Å². The van der Waals surface area contributed by atoms with Crippen molar-refractivity contribution < 1.29 is 23.6 Å². The minimum Gasteiger partial charge on any atom is -0.452 e. The molecule has 35 heavy (non-hydrogen) atoms. The van der Waals surface area contributed by atoms with Gasteiger partial charge in [0.1, 0.15) is 17.3 Å². The Balaban J connectivity index is 1.29. The predicted octanol–water partition coefficient (Wildman–Crippen LogP) is 6.46. The van der Waals surface area contributed by atoms with Crippen molar-refractivity contribution in [2.75, 3.05) is 0 Å². The zero-order valence-electron chi connectivity index (χ0n) is 18.8. The molecule has 0 saturated carbocycles. The largest absolute Gasteiger partial charge is 0.452 e. The molecule has 0 fully saturated rings. The van der Waals surface area contributed by atoms with Crippen molar-refractivity contribution in [1.29, 1.82) is 0 Å². The summed E-state index contributed by atoms with van der Waals surface area (Å²) < 4.78 is 16.4. The summed E-state index contributed by atoms with van der Waals surface area (Å²) in [4.78, 5) is 25.2. The number of fused-ring (bicyclic) bond motifs is 1. The van der Waals surface area contributed by atoms with Crippen LogP contribution in [0.1, 0.15) is 33.7 Å². The van der Waals surface area contributed by atoms with E-state index in [2.05, 4.69) is 5.16 Å². The van der Waals surface area contributed by atoms with Crippen LogP contribution < -0.4 is 9.47 Å². The first kappa shape index (κ1) is 22.6. The topological polar surface area (TPSA) is 78.6 Å². The standard InChI is InChI=1S/C28H20ClNO5/c1-17-23(33-26(31)14-11-21-16-25(29)30-35-21)13-12-22-27(32)24(34-28(17)22)15-18-7-9-20(10-8-18)19-5-3-2-4-6-19/h2-10,12-13,15-16H,11,14H2,1H3/b24-15-. The van der Waals surface area contributed by atoms with Crippen LogP contribution in [0.5, 0.6) is 11.5 Å². The van der Waals surface area contributed by atoms with Crippen LogP contribution in [0.4, 0.5) is 0 Å². The molecule has 0 N–H and O–H groups in total. The summed E-state index contributed by atoms with van der Waals surface area (Å²) in [5, 5.41) is 3.82. The third kappa shape index (κ3) is 4.88. The first-order valence-corrected chi connectivity index (χ1v) is 11.4. The molecule has 1 aromatic heterocycles. The van der Waals surface area contributed by atoms with E-state index in [1.165, 1.54) is 0 Å². The molecule has 3 aromatic carbocycles. The molecule has 4 aromatic rings. The molecule has 5 rings (SSSR count). The van der Waals surface area contributed by atoms with Crippen molar-refractivity contribution in [2.45, 2.75) is 19.8 Å². The van der Waals surface area contributed by atoms with Crippen LogP contribution in [-0.2, 0) is 11.2 Å². The van der Waals surface area contributed by atoms with Crippen molar-refractivity contribution in [3.63, 3.8) is 0 Å². The highest BCUT2D eigenvalue weighted by Gasteiger charge is 2.30. The molecule has 7 heteroatoms. The van der Waals surface area contributed by atoms with Crippen LogP contribution in [0, 0.1) is 6.92 Å². The van der Waals surface area contributed by atoms with Crippen molar-refractivity contribution >= 4 is 29.4 Å². The van der Waals surface area contributed by atoms with E-state index < -0.39 is 5.97 Å². The third-order valence-corrected chi connectivity index (χ3v) is 5.86. The van der Waals surface area contributed by atoms with Crippen LogP contribution in [0.25, 0.3) is 17.2 Å². The number of ether oxygens (including phenoxy) is 2. The number of carbonyl (C=O) groups excluding carboxylic acids is 2. The number of Topliss-reactive ketones (excluding diaryl/α,β-unsaturated/α-hetero) is 1. The lowest BCUT2D eigenvalue weighted by atomic mass is 10.0. The number of halogens is 1. The molecule has 0 aliphatic carbocycles. The number of benzene rings is 3. The molecule has 2 heterocycles. The van der Waals surface area contributed by atoms with Gasteiger partial charge in [-0.2, -0.15) is 0 Å². The molecule has 0 spiro atoms. The molecule has 0 saturated heterocycles. The molecule has 0 unspecified atom stereocenters. The number of hydrogen-bond donors (Lipinski definition) is 0. The Kier molecular flexibility index (Phi) is 6.21. The first-order valence-electron chi connectivity index (χ1n) is 11.0. The van der Waals surface area contributed by atoms with Crippen molar-refractivity contribution in [1.82, 2.24) is 5.16 Å². The Bertz CT molecular complexity index is 1440. The lowest BCUT2D eigenvalue weighted by Gasteiger charge is -2.09. The van der Waals surface area contributed by atoms with Gasteiger partial charge in [0, 0.05) is 18.1 Å². The highest BCUT2D eigenvalue weighted by Crippen LogP contribution is 2.39. The van der Waals surface area contributed by atoms with Gasteiger partial charge in [0.15, 0.2) is 10.9 Å². The van der Waals surface area contributed by atoms with Crippen LogP contribution in [-0.4, -0.2) is 16.9 Å². The number of ketones is 1. The van der Waals surface area contributed by atoms with Gasteiger partial charge in [-0.15, -0.1) is 0 Å². The van der Waals surface area contributed by atoms with E-state index in [1.54, 1.807) is 31.2 Å². The second-order valence-corrected chi connectivity index (χ2v) is 8.47. The van der Waals surface area contributed by atoms with Crippen LogP contribution >= 0.6 is 11.6 Å². The maximum atomic E-state index is 12.9. The van der Waals surface area contributed by atoms with E-state index in [4.69, 9.17) is 25.6 Å². The third-order valence-electron chi connectivity index (χ3n) is 5.68.